The molecule has 3 aromatic heterocycles. The van der Waals surface area contributed by atoms with Gasteiger partial charge >= 0.3 is 0 Å². The van der Waals surface area contributed by atoms with Crippen molar-refractivity contribution in [2.24, 2.45) is 0 Å². The fourth-order valence-corrected chi connectivity index (χ4v) is 8.83. The fourth-order valence-electron chi connectivity index (χ4n) is 6.75. The van der Waals surface area contributed by atoms with Crippen molar-refractivity contribution < 1.29 is 0 Å². The Kier molecular flexibility index (Phi) is 8.47. The fraction of sp³-hybridized carbons (Fsp3) is 0.0435. The Morgan fingerprint density at radius 2 is 0.769 bits per heavy atom. The molecule has 7 aromatic rings. The van der Waals surface area contributed by atoms with E-state index in [1.54, 1.807) is 23.5 Å². The maximum atomic E-state index is 5.38. The number of aromatic nitrogens is 4. The molecule has 0 saturated heterocycles. The van der Waals surface area contributed by atoms with Crippen molar-refractivity contribution in [1.29, 1.82) is 0 Å². The molecule has 9 rings (SSSR count). The van der Waals surface area contributed by atoms with Crippen LogP contribution in [0.2, 0.25) is 0 Å². The summed E-state index contributed by atoms with van der Waals surface area (Å²) in [6, 6.07) is 46.9. The lowest BCUT2D eigenvalue weighted by molar-refractivity contribution is 1.17. The second-order valence-corrected chi connectivity index (χ2v) is 15.0. The minimum Gasteiger partial charge on any atom is -0.354 e. The first-order valence-corrected chi connectivity index (χ1v) is 19.0. The summed E-state index contributed by atoms with van der Waals surface area (Å²) in [6.45, 7) is 4.32. The molecular weight excluding hydrogens is 673 g/mol. The van der Waals surface area contributed by atoms with Crippen LogP contribution in [0, 0.1) is 13.8 Å². The van der Waals surface area contributed by atoms with Gasteiger partial charge in [-0.25, -0.2) is 9.97 Å². The van der Waals surface area contributed by atoms with Crippen LogP contribution in [-0.4, -0.2) is 19.9 Å². The van der Waals surface area contributed by atoms with Crippen molar-refractivity contribution in [3.63, 3.8) is 0 Å². The van der Waals surface area contributed by atoms with Gasteiger partial charge in [0.15, 0.2) is 0 Å². The van der Waals surface area contributed by atoms with Gasteiger partial charge in [0.25, 0.3) is 0 Å². The molecule has 4 aromatic carbocycles. The molecule has 6 heteroatoms. The summed E-state index contributed by atoms with van der Waals surface area (Å²) in [7, 11) is 0. The number of hydrogen-bond donors (Lipinski definition) is 2. The lowest BCUT2D eigenvalue weighted by Crippen LogP contribution is -1.90. The van der Waals surface area contributed by atoms with Crippen LogP contribution in [0.5, 0.6) is 0 Å². The summed E-state index contributed by atoms with van der Waals surface area (Å²) in [5, 5.41) is 0. The van der Waals surface area contributed by atoms with Crippen molar-refractivity contribution in [1.82, 2.24) is 19.9 Å². The van der Waals surface area contributed by atoms with Crippen LogP contribution in [0.3, 0.4) is 0 Å². The van der Waals surface area contributed by atoms with E-state index in [1.165, 1.54) is 20.9 Å². The lowest BCUT2D eigenvalue weighted by atomic mass is 10.0. The van der Waals surface area contributed by atoms with E-state index in [4.69, 9.17) is 9.97 Å². The van der Waals surface area contributed by atoms with Crippen molar-refractivity contribution in [2.75, 3.05) is 0 Å². The second-order valence-electron chi connectivity index (χ2n) is 12.9. The highest BCUT2D eigenvalue weighted by Crippen LogP contribution is 2.41. The van der Waals surface area contributed by atoms with E-state index in [0.29, 0.717) is 0 Å². The summed E-state index contributed by atoms with van der Waals surface area (Å²) >= 11 is 3.49. The van der Waals surface area contributed by atoms with Crippen LogP contribution in [0.1, 0.15) is 33.9 Å². The molecule has 0 radical (unpaired) electrons. The molecule has 5 heterocycles. The summed E-state index contributed by atoms with van der Waals surface area (Å²) in [5.41, 5.74) is 14.4. The zero-order chi connectivity index (χ0) is 35.0. The molecule has 0 aliphatic carbocycles. The monoisotopic (exact) mass is 706 g/mol. The first-order chi connectivity index (χ1) is 25.6. The first kappa shape index (κ1) is 32.1. The molecule has 0 saturated carbocycles. The number of hydrogen-bond acceptors (Lipinski definition) is 4. The van der Waals surface area contributed by atoms with E-state index >= 15 is 0 Å². The zero-order valence-corrected chi connectivity index (χ0v) is 30.4. The van der Waals surface area contributed by atoms with E-state index in [0.717, 1.165) is 76.9 Å². The number of fused-ring (bicyclic) bond motifs is 8. The molecular formula is C46H34N4S2. The molecule has 52 heavy (non-hydrogen) atoms. The molecule has 2 aliphatic heterocycles. The smallest absolute Gasteiger partial charge is 0.0799 e. The van der Waals surface area contributed by atoms with E-state index in [-0.39, 0.29) is 0 Å². The quantitative estimate of drug-likeness (QED) is 0.181. The predicted octanol–water partition coefficient (Wildman–Crippen LogP) is 12.9. The number of aryl methyl sites for hydroxylation is 2. The molecule has 250 valence electrons. The number of rotatable bonds is 6. The average molecular weight is 707 g/mol. The Morgan fingerprint density at radius 1 is 0.385 bits per heavy atom. The highest BCUT2D eigenvalue weighted by Gasteiger charge is 2.19. The number of benzene rings is 4. The van der Waals surface area contributed by atoms with Gasteiger partial charge in [0.1, 0.15) is 0 Å². The number of nitrogens with one attached hydrogen (secondary N) is 2. The zero-order valence-electron chi connectivity index (χ0n) is 28.7. The Bertz CT molecular complexity index is 2570. The minimum atomic E-state index is 0.894. The van der Waals surface area contributed by atoms with Crippen LogP contribution in [0.15, 0.2) is 153 Å². The Hall–Kier alpha value is -5.82. The third kappa shape index (κ3) is 6.10. The van der Waals surface area contributed by atoms with Gasteiger partial charge in [0.05, 0.1) is 43.6 Å². The van der Waals surface area contributed by atoms with Crippen LogP contribution in [0.25, 0.3) is 68.6 Å². The largest absolute Gasteiger partial charge is 0.354 e. The third-order valence-corrected chi connectivity index (χ3v) is 12.0. The Labute approximate surface area is 311 Å². The van der Waals surface area contributed by atoms with Gasteiger partial charge in [-0.2, -0.15) is 0 Å². The molecule has 0 atom stereocenters. The third-order valence-electron chi connectivity index (χ3n) is 9.39. The summed E-state index contributed by atoms with van der Waals surface area (Å²) in [5.74, 6) is 0. The Morgan fingerprint density at radius 3 is 1.23 bits per heavy atom. The van der Waals surface area contributed by atoms with E-state index in [9.17, 15) is 0 Å². The highest BCUT2D eigenvalue weighted by atomic mass is 32.2. The number of H-pyrrole nitrogens is 2. The van der Waals surface area contributed by atoms with Crippen LogP contribution in [-0.2, 0) is 0 Å². The molecule has 2 N–H and O–H groups in total. The van der Waals surface area contributed by atoms with Gasteiger partial charge in [-0.05, 0) is 96.8 Å². The number of aromatic amines is 2. The standard InChI is InChI=1S/C46H34N4S2/c1-29-13-9-11-19-41(29)51-45-37-25-21-33(47-37)43(31-15-5-3-6-16-31)35-23-27-39(49-35)46(52-42-20-12-10-14-30(42)2)40-28-24-36(50-40)44(32-17-7-4-8-18-32)34-22-26-38(45)48-34/h3-28,47-48H,1-2H3. The lowest BCUT2D eigenvalue weighted by Gasteiger charge is -2.08. The summed E-state index contributed by atoms with van der Waals surface area (Å²) in [6.07, 6.45) is 8.56. The minimum absolute atomic E-state index is 0.894. The molecule has 8 bridgehead atoms. The van der Waals surface area contributed by atoms with Crippen molar-refractivity contribution in [3.8, 4) is 22.3 Å². The van der Waals surface area contributed by atoms with Crippen molar-refractivity contribution >= 4 is 69.9 Å². The Balaban J connectivity index is 1.42. The molecule has 2 aliphatic rings. The van der Waals surface area contributed by atoms with Crippen molar-refractivity contribution in [3.05, 3.63) is 167 Å². The van der Waals surface area contributed by atoms with Gasteiger partial charge in [-0.15, -0.1) is 0 Å². The number of nitrogens with zero attached hydrogens (tertiary/aromatic N) is 2. The van der Waals surface area contributed by atoms with Crippen LogP contribution < -0.4 is 0 Å². The molecule has 4 nitrogen and oxygen atoms in total. The topological polar surface area (TPSA) is 57.4 Å². The highest BCUT2D eigenvalue weighted by molar-refractivity contribution is 8.00. The second kappa shape index (κ2) is 13.7. The van der Waals surface area contributed by atoms with Gasteiger partial charge in [-0.1, -0.05) is 121 Å². The van der Waals surface area contributed by atoms with Crippen LogP contribution >= 0.6 is 23.5 Å². The molecule has 0 spiro atoms. The maximum absolute atomic E-state index is 5.38. The maximum Gasteiger partial charge on any atom is 0.0799 e. The van der Waals surface area contributed by atoms with Gasteiger partial charge in [0.2, 0.25) is 0 Å². The van der Waals surface area contributed by atoms with Crippen LogP contribution in [0.4, 0.5) is 0 Å². The van der Waals surface area contributed by atoms with E-state index in [1.807, 2.05) is 0 Å². The molecule has 0 fully saturated rings. The van der Waals surface area contributed by atoms with Crippen molar-refractivity contribution in [2.45, 2.75) is 33.4 Å². The van der Waals surface area contributed by atoms with Gasteiger partial charge in [0, 0.05) is 32.0 Å². The molecule has 0 amide bonds. The van der Waals surface area contributed by atoms with E-state index < -0.39 is 0 Å². The SMILES string of the molecule is Cc1ccccc1Sc1c2nc(c(-c3ccccc3)c3ccc([nH]3)c(Sc3ccccc3C)c3ccc([nH]3)c(-c3ccccc3)c3nc1C=C3)C=C2. The first-order valence-electron chi connectivity index (χ1n) is 17.3. The van der Waals surface area contributed by atoms with E-state index in [2.05, 4.69) is 182 Å². The summed E-state index contributed by atoms with van der Waals surface area (Å²) < 4.78 is 0. The normalized spacial score (nSPS) is 12.0. The molecule has 0 unspecified atom stereocenters. The predicted molar refractivity (Wildman–Crippen MR) is 220 cm³/mol. The van der Waals surface area contributed by atoms with Gasteiger partial charge in [-0.3, -0.25) is 0 Å². The van der Waals surface area contributed by atoms with Gasteiger partial charge < -0.3 is 9.97 Å². The average Bonchev–Trinajstić information content (AvgIpc) is 4.02. The summed E-state index contributed by atoms with van der Waals surface area (Å²) in [4.78, 5) is 23.0.